The van der Waals surface area contributed by atoms with Gasteiger partial charge in [-0.25, -0.2) is 4.79 Å². The van der Waals surface area contributed by atoms with Gasteiger partial charge in [-0.15, -0.1) is 6.58 Å². The van der Waals surface area contributed by atoms with Crippen LogP contribution >= 0.6 is 11.8 Å². The summed E-state index contributed by atoms with van der Waals surface area (Å²) in [5.41, 5.74) is 0. The van der Waals surface area contributed by atoms with Crippen LogP contribution in [0.4, 0.5) is 4.79 Å². The monoisotopic (exact) mass is 386 g/mol. The average Bonchev–Trinajstić information content (AvgIpc) is 2.62. The minimum atomic E-state index is -1.15. The van der Waals surface area contributed by atoms with Crippen molar-refractivity contribution in [2.24, 2.45) is 0 Å². The molecule has 0 rings (SSSR count). The number of rotatable bonds is 21. The van der Waals surface area contributed by atoms with E-state index in [-0.39, 0.29) is 0 Å². The van der Waals surface area contributed by atoms with Gasteiger partial charge in [0, 0.05) is 5.75 Å². The summed E-state index contributed by atoms with van der Waals surface area (Å²) in [4.78, 5) is 10.2. The van der Waals surface area contributed by atoms with Crippen LogP contribution in [0.1, 0.15) is 103 Å². The van der Waals surface area contributed by atoms with E-state index in [0.29, 0.717) is 6.61 Å². The van der Waals surface area contributed by atoms with E-state index in [1.165, 1.54) is 95.6 Å². The molecule has 1 N–H and O–H groups in total. The second kappa shape index (κ2) is 22.4. The van der Waals surface area contributed by atoms with E-state index in [1.54, 1.807) is 0 Å². The van der Waals surface area contributed by atoms with Crippen LogP contribution in [0.5, 0.6) is 0 Å². The van der Waals surface area contributed by atoms with Crippen LogP contribution in [0.15, 0.2) is 12.7 Å². The Bertz CT molecular complexity index is 308. The quantitative estimate of drug-likeness (QED) is 0.124. The third kappa shape index (κ3) is 23.4. The van der Waals surface area contributed by atoms with Gasteiger partial charge in [0.1, 0.15) is 0 Å². The topological polar surface area (TPSA) is 46.5 Å². The number of carboxylic acid groups (broad SMARTS) is 1. The molecule has 0 heterocycles. The van der Waals surface area contributed by atoms with E-state index in [4.69, 9.17) is 5.11 Å². The zero-order valence-electron chi connectivity index (χ0n) is 16.9. The zero-order valence-corrected chi connectivity index (χ0v) is 17.7. The maximum Gasteiger partial charge on any atom is 0.505 e. The number of hydrogen-bond acceptors (Lipinski definition) is 3. The number of hydrogen-bond donors (Lipinski definition) is 1. The summed E-state index contributed by atoms with van der Waals surface area (Å²) in [6.45, 7) is 4.10. The first-order valence-electron chi connectivity index (χ1n) is 10.8. The smallest absolute Gasteiger partial charge is 0.450 e. The molecule has 0 amide bonds. The Balaban J connectivity index is 2.99. The first-order chi connectivity index (χ1) is 12.8. The fraction of sp³-hybridized carbons (Fsp3) is 0.864. The predicted molar refractivity (Wildman–Crippen MR) is 115 cm³/mol. The van der Waals surface area contributed by atoms with Crippen molar-refractivity contribution < 1.29 is 14.6 Å². The molecule has 26 heavy (non-hydrogen) atoms. The lowest BCUT2D eigenvalue weighted by Crippen LogP contribution is -2.01. The molecule has 154 valence electrons. The van der Waals surface area contributed by atoms with Gasteiger partial charge in [-0.1, -0.05) is 96.0 Å². The van der Waals surface area contributed by atoms with Crippen molar-refractivity contribution in [3.63, 3.8) is 0 Å². The molecular formula is C22H42O3S. The molecule has 0 saturated heterocycles. The van der Waals surface area contributed by atoms with E-state index < -0.39 is 6.16 Å². The van der Waals surface area contributed by atoms with Crippen molar-refractivity contribution in [2.75, 3.05) is 18.1 Å². The standard InChI is InChI=1S/C22H42O3S/c1-2-20-26-21-18-16-14-12-10-8-6-4-3-5-7-9-11-13-15-17-19-25-22(23)24/h2H,1,3-21H2,(H,23,24). The molecule has 0 aromatic heterocycles. The van der Waals surface area contributed by atoms with Gasteiger partial charge in [0.05, 0.1) is 6.61 Å². The highest BCUT2D eigenvalue weighted by molar-refractivity contribution is 7.99. The Morgan fingerprint density at radius 2 is 1.12 bits per heavy atom. The Kier molecular flexibility index (Phi) is 21.8. The molecule has 0 aromatic carbocycles. The summed E-state index contributed by atoms with van der Waals surface area (Å²) in [5, 5.41) is 8.35. The minimum Gasteiger partial charge on any atom is -0.450 e. The van der Waals surface area contributed by atoms with Crippen LogP contribution in [0, 0.1) is 0 Å². The van der Waals surface area contributed by atoms with Crippen LogP contribution in [0.3, 0.4) is 0 Å². The highest BCUT2D eigenvalue weighted by atomic mass is 32.2. The fourth-order valence-corrected chi connectivity index (χ4v) is 3.85. The molecule has 0 aliphatic rings. The van der Waals surface area contributed by atoms with Gasteiger partial charge in [-0.3, -0.25) is 0 Å². The number of thioether (sulfide) groups is 1. The maximum absolute atomic E-state index is 10.2. The SMILES string of the molecule is C=CCSCCCCCCCCCCCCCCCCCCOC(=O)O. The molecule has 0 aliphatic heterocycles. The summed E-state index contributed by atoms with van der Waals surface area (Å²) in [5.74, 6) is 2.40. The van der Waals surface area contributed by atoms with Gasteiger partial charge in [0.15, 0.2) is 0 Å². The molecule has 0 radical (unpaired) electrons. The molecule has 0 fully saturated rings. The summed E-state index contributed by atoms with van der Waals surface area (Å²) < 4.78 is 4.49. The van der Waals surface area contributed by atoms with E-state index in [2.05, 4.69) is 11.3 Å². The Hall–Kier alpha value is -0.640. The van der Waals surface area contributed by atoms with Crippen LogP contribution in [0.25, 0.3) is 0 Å². The Morgan fingerprint density at radius 3 is 1.50 bits per heavy atom. The first kappa shape index (κ1) is 25.4. The summed E-state index contributed by atoms with van der Waals surface area (Å²) in [6.07, 6.45) is 22.0. The molecule has 0 bridgehead atoms. The van der Waals surface area contributed by atoms with Crippen LogP contribution in [0.2, 0.25) is 0 Å². The molecule has 0 aromatic rings. The van der Waals surface area contributed by atoms with Crippen LogP contribution in [-0.2, 0) is 4.74 Å². The number of unbranched alkanes of at least 4 members (excludes halogenated alkanes) is 15. The van der Waals surface area contributed by atoms with Crippen molar-refractivity contribution in [3.05, 3.63) is 12.7 Å². The largest absolute Gasteiger partial charge is 0.505 e. The van der Waals surface area contributed by atoms with Gasteiger partial charge >= 0.3 is 6.16 Å². The predicted octanol–water partition coefficient (Wildman–Crippen LogP) is 7.84. The number of carbonyl (C=O) groups is 1. The second-order valence-electron chi connectivity index (χ2n) is 7.13. The van der Waals surface area contributed by atoms with Crippen molar-refractivity contribution >= 4 is 17.9 Å². The number of ether oxygens (including phenoxy) is 1. The van der Waals surface area contributed by atoms with E-state index in [1.807, 2.05) is 17.8 Å². The summed E-state index contributed by atoms with van der Waals surface area (Å²) in [6, 6.07) is 0. The lowest BCUT2D eigenvalue weighted by atomic mass is 10.0. The fourth-order valence-electron chi connectivity index (χ4n) is 3.11. The summed E-state index contributed by atoms with van der Waals surface area (Å²) >= 11 is 2.00. The third-order valence-corrected chi connectivity index (χ3v) is 5.69. The second-order valence-corrected chi connectivity index (χ2v) is 8.28. The van der Waals surface area contributed by atoms with Gasteiger partial charge in [-0.05, 0) is 18.6 Å². The molecule has 0 saturated carbocycles. The highest BCUT2D eigenvalue weighted by Gasteiger charge is 1.97. The lowest BCUT2D eigenvalue weighted by molar-refractivity contribution is 0.0899. The zero-order chi connectivity index (χ0) is 19.1. The van der Waals surface area contributed by atoms with E-state index in [9.17, 15) is 4.79 Å². The normalized spacial score (nSPS) is 10.8. The van der Waals surface area contributed by atoms with E-state index in [0.717, 1.165) is 18.6 Å². The lowest BCUT2D eigenvalue weighted by Gasteiger charge is -2.04. The van der Waals surface area contributed by atoms with Crippen molar-refractivity contribution in [1.82, 2.24) is 0 Å². The molecule has 4 heteroatoms. The molecule has 3 nitrogen and oxygen atoms in total. The van der Waals surface area contributed by atoms with Crippen molar-refractivity contribution in [3.8, 4) is 0 Å². The van der Waals surface area contributed by atoms with Crippen LogP contribution < -0.4 is 0 Å². The maximum atomic E-state index is 10.2. The summed E-state index contributed by atoms with van der Waals surface area (Å²) in [7, 11) is 0. The highest BCUT2D eigenvalue weighted by Crippen LogP contribution is 2.14. The van der Waals surface area contributed by atoms with Gasteiger partial charge in [-0.2, -0.15) is 11.8 Å². The third-order valence-electron chi connectivity index (χ3n) is 4.64. The molecule has 0 unspecified atom stereocenters. The molecule has 0 atom stereocenters. The van der Waals surface area contributed by atoms with E-state index >= 15 is 0 Å². The molecule has 0 aliphatic carbocycles. The molecule has 0 spiro atoms. The van der Waals surface area contributed by atoms with Crippen LogP contribution in [-0.4, -0.2) is 29.4 Å². The minimum absolute atomic E-state index is 0.351. The van der Waals surface area contributed by atoms with Gasteiger partial charge < -0.3 is 9.84 Å². The Labute approximate surface area is 166 Å². The average molecular weight is 387 g/mol. The van der Waals surface area contributed by atoms with Crippen molar-refractivity contribution in [2.45, 2.75) is 103 Å². The first-order valence-corrected chi connectivity index (χ1v) is 12.0. The Morgan fingerprint density at radius 1 is 0.731 bits per heavy atom. The van der Waals surface area contributed by atoms with Gasteiger partial charge in [0.2, 0.25) is 0 Å². The van der Waals surface area contributed by atoms with Gasteiger partial charge in [0.25, 0.3) is 0 Å². The molecular weight excluding hydrogens is 344 g/mol. The van der Waals surface area contributed by atoms with Crippen molar-refractivity contribution in [1.29, 1.82) is 0 Å².